The third-order valence-electron chi connectivity index (χ3n) is 10.9. The van der Waals surface area contributed by atoms with Crippen LogP contribution in [0.2, 0.25) is 0 Å². The molecule has 0 aliphatic heterocycles. The predicted molar refractivity (Wildman–Crippen MR) is 241 cm³/mol. The van der Waals surface area contributed by atoms with Gasteiger partial charge in [0.2, 0.25) is 0 Å². The number of nitrogens with zero attached hydrogens (tertiary/aromatic N) is 1. The van der Waals surface area contributed by atoms with Crippen molar-refractivity contribution in [3.63, 3.8) is 0 Å². The predicted octanol–water partition coefficient (Wildman–Crippen LogP) is 16.0. The van der Waals surface area contributed by atoms with Crippen LogP contribution in [0, 0.1) is 0 Å². The van der Waals surface area contributed by atoms with Crippen molar-refractivity contribution in [3.8, 4) is 33.4 Å². The molecule has 9 aromatic carbocycles. The summed E-state index contributed by atoms with van der Waals surface area (Å²) in [7, 11) is 0. The standard InChI is InChI=1S/C52H33NS2/c1-2-17-42-34(11-1)12-9-20-43(42)38-14-8-16-41(32-38)53(39-28-25-35(26-29-39)44-21-10-24-50-52(44)47-19-4-6-23-49(47)54-50)40-15-7-13-36(31-40)37-27-30-46-45-18-3-5-22-48(45)55-51(46)33-37/h1-33H. The van der Waals surface area contributed by atoms with Crippen molar-refractivity contribution in [2.75, 3.05) is 4.90 Å². The van der Waals surface area contributed by atoms with E-state index in [0.29, 0.717) is 0 Å². The molecule has 0 fully saturated rings. The van der Waals surface area contributed by atoms with Gasteiger partial charge in [0.15, 0.2) is 0 Å². The second-order valence-corrected chi connectivity index (χ2v) is 16.3. The molecule has 0 bridgehead atoms. The molecule has 1 nitrogen and oxygen atoms in total. The number of anilines is 3. The second kappa shape index (κ2) is 13.1. The molecule has 0 unspecified atom stereocenters. The maximum atomic E-state index is 2.40. The Morgan fingerprint density at radius 1 is 0.291 bits per heavy atom. The molecule has 0 aliphatic carbocycles. The Bertz CT molecular complexity index is 3220. The van der Waals surface area contributed by atoms with E-state index in [-0.39, 0.29) is 0 Å². The SMILES string of the molecule is c1cc(-c2ccc3c(c2)sc2ccccc23)cc(N(c2ccc(-c3cccc4sc5ccccc5c34)cc2)c2cccc(-c3cccc4ccccc34)c2)c1. The van der Waals surface area contributed by atoms with Crippen molar-refractivity contribution in [3.05, 3.63) is 200 Å². The van der Waals surface area contributed by atoms with Gasteiger partial charge in [-0.2, -0.15) is 0 Å². The van der Waals surface area contributed by atoms with Gasteiger partial charge in [0.1, 0.15) is 0 Å². The lowest BCUT2D eigenvalue weighted by atomic mass is 9.97. The first-order valence-corrected chi connectivity index (χ1v) is 20.3. The van der Waals surface area contributed by atoms with Crippen LogP contribution in [0.5, 0.6) is 0 Å². The van der Waals surface area contributed by atoms with Crippen LogP contribution in [0.25, 0.3) is 84.5 Å². The van der Waals surface area contributed by atoms with Crippen LogP contribution in [0.3, 0.4) is 0 Å². The zero-order valence-corrected chi connectivity index (χ0v) is 31.4. The van der Waals surface area contributed by atoms with Crippen molar-refractivity contribution in [1.29, 1.82) is 0 Å². The van der Waals surface area contributed by atoms with Gasteiger partial charge in [-0.25, -0.2) is 0 Å². The van der Waals surface area contributed by atoms with Crippen molar-refractivity contribution in [2.24, 2.45) is 0 Å². The third-order valence-corrected chi connectivity index (χ3v) is 13.1. The van der Waals surface area contributed by atoms with E-state index in [0.717, 1.165) is 17.1 Å². The lowest BCUT2D eigenvalue weighted by Crippen LogP contribution is -2.10. The van der Waals surface area contributed by atoms with E-state index in [9.17, 15) is 0 Å². The van der Waals surface area contributed by atoms with Gasteiger partial charge in [0.05, 0.1) is 0 Å². The fraction of sp³-hybridized carbons (Fsp3) is 0. The molecule has 0 N–H and O–H groups in total. The summed E-state index contributed by atoms with van der Waals surface area (Å²) in [6, 6.07) is 73.5. The van der Waals surface area contributed by atoms with Crippen LogP contribution in [0.1, 0.15) is 0 Å². The smallest absolute Gasteiger partial charge is 0.0467 e. The van der Waals surface area contributed by atoms with Gasteiger partial charge in [-0.1, -0.05) is 140 Å². The monoisotopic (exact) mass is 735 g/mol. The molecule has 2 heterocycles. The maximum Gasteiger partial charge on any atom is 0.0467 e. The minimum absolute atomic E-state index is 1.11. The molecular weight excluding hydrogens is 703 g/mol. The van der Waals surface area contributed by atoms with Gasteiger partial charge in [-0.3, -0.25) is 0 Å². The summed E-state index contributed by atoms with van der Waals surface area (Å²) >= 11 is 3.73. The Hall–Kier alpha value is -6.52. The number of rotatable bonds is 6. The molecule has 0 spiro atoms. The van der Waals surface area contributed by atoms with E-state index < -0.39 is 0 Å². The zero-order valence-electron chi connectivity index (χ0n) is 29.8. The third kappa shape index (κ3) is 5.51. The van der Waals surface area contributed by atoms with E-state index in [1.54, 1.807) is 0 Å². The summed E-state index contributed by atoms with van der Waals surface area (Å²) in [5.74, 6) is 0. The highest BCUT2D eigenvalue weighted by Crippen LogP contribution is 2.43. The maximum absolute atomic E-state index is 2.40. The van der Waals surface area contributed by atoms with Crippen molar-refractivity contribution < 1.29 is 0 Å². The molecule has 0 saturated heterocycles. The van der Waals surface area contributed by atoms with Crippen LogP contribution < -0.4 is 4.90 Å². The number of benzene rings is 9. The van der Waals surface area contributed by atoms with Crippen LogP contribution >= 0.6 is 22.7 Å². The highest BCUT2D eigenvalue weighted by Gasteiger charge is 2.17. The molecule has 55 heavy (non-hydrogen) atoms. The fourth-order valence-corrected chi connectivity index (χ4v) is 10.5. The molecule has 0 radical (unpaired) electrons. The molecule has 2 aromatic heterocycles. The Labute approximate surface area is 327 Å². The van der Waals surface area contributed by atoms with Gasteiger partial charge >= 0.3 is 0 Å². The van der Waals surface area contributed by atoms with Crippen molar-refractivity contribution in [1.82, 2.24) is 0 Å². The molecule has 3 heteroatoms. The Morgan fingerprint density at radius 2 is 0.836 bits per heavy atom. The minimum atomic E-state index is 1.11. The first kappa shape index (κ1) is 32.0. The molecule has 0 aliphatic rings. The average molecular weight is 736 g/mol. The average Bonchev–Trinajstić information content (AvgIpc) is 3.82. The fourth-order valence-electron chi connectivity index (χ4n) is 8.27. The van der Waals surface area contributed by atoms with Crippen LogP contribution in [0.4, 0.5) is 17.1 Å². The topological polar surface area (TPSA) is 3.24 Å². The molecule has 11 aromatic rings. The summed E-state index contributed by atoms with van der Waals surface area (Å²) in [6.45, 7) is 0. The first-order chi connectivity index (χ1) is 27.2. The lowest BCUT2D eigenvalue weighted by Gasteiger charge is -2.27. The first-order valence-electron chi connectivity index (χ1n) is 18.7. The van der Waals surface area contributed by atoms with Crippen molar-refractivity contribution >= 4 is 90.9 Å². The van der Waals surface area contributed by atoms with E-state index in [1.807, 2.05) is 22.7 Å². The number of fused-ring (bicyclic) bond motifs is 7. The second-order valence-electron chi connectivity index (χ2n) is 14.1. The van der Waals surface area contributed by atoms with E-state index in [4.69, 9.17) is 0 Å². The van der Waals surface area contributed by atoms with Crippen LogP contribution in [0.15, 0.2) is 200 Å². The quantitative estimate of drug-likeness (QED) is 0.164. The van der Waals surface area contributed by atoms with E-state index in [1.165, 1.54) is 84.5 Å². The summed E-state index contributed by atoms with van der Waals surface area (Å²) in [4.78, 5) is 2.40. The summed E-state index contributed by atoms with van der Waals surface area (Å²) in [5.41, 5.74) is 10.7. The van der Waals surface area contributed by atoms with Gasteiger partial charge in [0.25, 0.3) is 0 Å². The van der Waals surface area contributed by atoms with E-state index >= 15 is 0 Å². The van der Waals surface area contributed by atoms with Gasteiger partial charge in [-0.15, -0.1) is 22.7 Å². The zero-order chi connectivity index (χ0) is 36.3. The Kier molecular flexibility index (Phi) is 7.61. The molecular formula is C52H33NS2. The van der Waals surface area contributed by atoms with Crippen LogP contribution in [-0.4, -0.2) is 0 Å². The number of hydrogen-bond donors (Lipinski definition) is 0. The number of thiophene rings is 2. The minimum Gasteiger partial charge on any atom is -0.310 e. The van der Waals surface area contributed by atoms with Gasteiger partial charge < -0.3 is 4.90 Å². The molecule has 258 valence electrons. The lowest BCUT2D eigenvalue weighted by molar-refractivity contribution is 1.28. The normalized spacial score (nSPS) is 11.6. The highest BCUT2D eigenvalue weighted by molar-refractivity contribution is 7.26. The van der Waals surface area contributed by atoms with Gasteiger partial charge in [-0.05, 0) is 105 Å². The Balaban J connectivity index is 1.05. The largest absolute Gasteiger partial charge is 0.310 e. The van der Waals surface area contributed by atoms with E-state index in [2.05, 4.69) is 205 Å². The summed E-state index contributed by atoms with van der Waals surface area (Å²) in [5, 5.41) is 7.80. The highest BCUT2D eigenvalue weighted by atomic mass is 32.1. The van der Waals surface area contributed by atoms with Crippen molar-refractivity contribution in [2.45, 2.75) is 0 Å². The summed E-state index contributed by atoms with van der Waals surface area (Å²) in [6.07, 6.45) is 0. The molecule has 0 atom stereocenters. The number of hydrogen-bond acceptors (Lipinski definition) is 3. The summed E-state index contributed by atoms with van der Waals surface area (Å²) < 4.78 is 5.28. The molecule has 0 saturated carbocycles. The van der Waals surface area contributed by atoms with Gasteiger partial charge in [0, 0.05) is 57.4 Å². The Morgan fingerprint density at radius 3 is 1.67 bits per heavy atom. The molecule has 0 amide bonds. The molecule has 11 rings (SSSR count). The van der Waals surface area contributed by atoms with Crippen LogP contribution in [-0.2, 0) is 0 Å².